The molecular weight excluding hydrogens is 365 g/mol. The molecule has 2 aromatic rings. The van der Waals surface area contributed by atoms with E-state index in [0.717, 1.165) is 41.8 Å². The van der Waals surface area contributed by atoms with Crippen LogP contribution in [0.5, 0.6) is 0 Å². The summed E-state index contributed by atoms with van der Waals surface area (Å²) in [7, 11) is 3.49. The van der Waals surface area contributed by atoms with E-state index in [2.05, 4.69) is 11.9 Å². The highest BCUT2D eigenvalue weighted by Gasteiger charge is 2.25. The SMILES string of the molecule is COC(=O)c1sccc1C1=C(c2ccc(Cl)cc2Cl)CN(C)CC1. The van der Waals surface area contributed by atoms with Crippen molar-refractivity contribution in [1.82, 2.24) is 4.90 Å². The molecule has 1 aliphatic rings. The van der Waals surface area contributed by atoms with Crippen molar-refractivity contribution in [3.63, 3.8) is 0 Å². The molecule has 0 saturated carbocycles. The van der Waals surface area contributed by atoms with Gasteiger partial charge in [0.2, 0.25) is 0 Å². The normalized spacial score (nSPS) is 15.7. The van der Waals surface area contributed by atoms with Crippen LogP contribution in [-0.2, 0) is 4.74 Å². The molecule has 0 unspecified atom stereocenters. The van der Waals surface area contributed by atoms with Crippen LogP contribution in [-0.4, -0.2) is 38.1 Å². The number of methoxy groups -OCH3 is 1. The van der Waals surface area contributed by atoms with Gasteiger partial charge in [0, 0.05) is 28.7 Å². The third-order valence-electron chi connectivity index (χ3n) is 4.15. The minimum Gasteiger partial charge on any atom is -0.465 e. The quantitative estimate of drug-likeness (QED) is 0.693. The smallest absolute Gasteiger partial charge is 0.348 e. The van der Waals surface area contributed by atoms with Gasteiger partial charge in [-0.25, -0.2) is 4.79 Å². The Labute approximate surface area is 155 Å². The lowest BCUT2D eigenvalue weighted by molar-refractivity contribution is 0.0606. The average molecular weight is 382 g/mol. The minimum absolute atomic E-state index is 0.298. The first-order valence-electron chi connectivity index (χ1n) is 7.53. The summed E-state index contributed by atoms with van der Waals surface area (Å²) in [5, 5.41) is 3.16. The third-order valence-corrected chi connectivity index (χ3v) is 5.60. The van der Waals surface area contributed by atoms with Crippen molar-refractivity contribution in [3.05, 3.63) is 55.7 Å². The molecule has 0 saturated heterocycles. The molecule has 6 heteroatoms. The van der Waals surface area contributed by atoms with Crippen LogP contribution in [0.15, 0.2) is 29.6 Å². The second kappa shape index (κ2) is 7.28. The third kappa shape index (κ3) is 3.38. The van der Waals surface area contributed by atoms with Gasteiger partial charge in [-0.15, -0.1) is 11.3 Å². The molecule has 126 valence electrons. The Morgan fingerprint density at radius 1 is 1.21 bits per heavy atom. The highest BCUT2D eigenvalue weighted by Crippen LogP contribution is 2.39. The largest absolute Gasteiger partial charge is 0.465 e. The molecule has 0 bridgehead atoms. The number of esters is 1. The maximum absolute atomic E-state index is 12.1. The summed E-state index contributed by atoms with van der Waals surface area (Å²) in [4.78, 5) is 15.0. The number of halogens is 2. The molecule has 0 N–H and O–H groups in total. The van der Waals surface area contributed by atoms with Gasteiger partial charge < -0.3 is 9.64 Å². The van der Waals surface area contributed by atoms with Crippen LogP contribution in [0.25, 0.3) is 11.1 Å². The van der Waals surface area contributed by atoms with Crippen LogP contribution in [0.4, 0.5) is 0 Å². The van der Waals surface area contributed by atoms with E-state index in [0.29, 0.717) is 14.9 Å². The zero-order chi connectivity index (χ0) is 17.3. The van der Waals surface area contributed by atoms with E-state index in [1.54, 1.807) is 6.07 Å². The summed E-state index contributed by atoms with van der Waals surface area (Å²) in [6.45, 7) is 1.70. The lowest BCUT2D eigenvalue weighted by Gasteiger charge is -2.29. The Morgan fingerprint density at radius 3 is 2.71 bits per heavy atom. The lowest BCUT2D eigenvalue weighted by atomic mass is 9.89. The van der Waals surface area contributed by atoms with Crippen LogP contribution >= 0.6 is 34.5 Å². The lowest BCUT2D eigenvalue weighted by Crippen LogP contribution is -2.27. The Hall–Kier alpha value is -1.33. The zero-order valence-electron chi connectivity index (χ0n) is 13.4. The molecule has 0 radical (unpaired) electrons. The molecule has 0 aliphatic carbocycles. The molecule has 1 aromatic heterocycles. The summed E-state index contributed by atoms with van der Waals surface area (Å²) >= 11 is 13.9. The minimum atomic E-state index is -0.298. The highest BCUT2D eigenvalue weighted by atomic mass is 35.5. The standard InChI is InChI=1S/C18H17Cl2NO2S/c1-21-7-5-12(14-6-8-24-17(14)18(22)23-2)15(10-21)13-4-3-11(19)9-16(13)20/h3-4,6,8-9H,5,7,10H2,1-2H3. The molecule has 3 rings (SSSR count). The number of likely N-dealkylation sites (N-methyl/N-ethyl adjacent to an activating group) is 1. The van der Waals surface area contributed by atoms with E-state index in [-0.39, 0.29) is 5.97 Å². The van der Waals surface area contributed by atoms with Crippen molar-refractivity contribution in [2.24, 2.45) is 0 Å². The first-order valence-corrected chi connectivity index (χ1v) is 9.17. The van der Waals surface area contributed by atoms with Crippen molar-refractivity contribution in [2.45, 2.75) is 6.42 Å². The number of carbonyl (C=O) groups is 1. The van der Waals surface area contributed by atoms with Gasteiger partial charge in [-0.2, -0.15) is 0 Å². The molecule has 0 spiro atoms. The number of nitrogens with zero attached hydrogens (tertiary/aromatic N) is 1. The van der Waals surface area contributed by atoms with Crippen LogP contribution in [0, 0.1) is 0 Å². The Bertz CT molecular complexity index is 813. The van der Waals surface area contributed by atoms with Gasteiger partial charge >= 0.3 is 5.97 Å². The van der Waals surface area contributed by atoms with Crippen molar-refractivity contribution >= 4 is 51.7 Å². The van der Waals surface area contributed by atoms with Gasteiger partial charge in [-0.3, -0.25) is 0 Å². The number of benzene rings is 1. The van der Waals surface area contributed by atoms with Crippen molar-refractivity contribution in [1.29, 1.82) is 0 Å². The number of hydrogen-bond donors (Lipinski definition) is 0. The molecule has 2 heterocycles. The fraction of sp³-hybridized carbons (Fsp3) is 0.278. The maximum Gasteiger partial charge on any atom is 0.348 e. The maximum atomic E-state index is 12.1. The van der Waals surface area contributed by atoms with Gasteiger partial charge in [0.25, 0.3) is 0 Å². The second-order valence-corrected chi connectivity index (χ2v) is 7.48. The molecule has 0 amide bonds. The van der Waals surface area contributed by atoms with E-state index in [4.69, 9.17) is 27.9 Å². The van der Waals surface area contributed by atoms with Crippen LogP contribution in [0.1, 0.15) is 27.2 Å². The van der Waals surface area contributed by atoms with Gasteiger partial charge in [-0.05, 0) is 53.8 Å². The fourth-order valence-corrected chi connectivity index (χ4v) is 4.34. The molecule has 0 atom stereocenters. The predicted octanol–water partition coefficient (Wildman–Crippen LogP) is 5.09. The van der Waals surface area contributed by atoms with Crippen molar-refractivity contribution in [2.75, 3.05) is 27.2 Å². The number of ether oxygens (including phenoxy) is 1. The summed E-state index contributed by atoms with van der Waals surface area (Å²) in [6, 6.07) is 7.54. The van der Waals surface area contributed by atoms with Gasteiger partial charge in [0.1, 0.15) is 4.88 Å². The van der Waals surface area contributed by atoms with Crippen LogP contribution < -0.4 is 0 Å². The number of thiophene rings is 1. The van der Waals surface area contributed by atoms with Crippen molar-refractivity contribution in [3.8, 4) is 0 Å². The molecule has 1 aromatic carbocycles. The van der Waals surface area contributed by atoms with Crippen LogP contribution in [0.2, 0.25) is 10.0 Å². The topological polar surface area (TPSA) is 29.5 Å². The summed E-state index contributed by atoms with van der Waals surface area (Å²) in [6.07, 6.45) is 0.853. The van der Waals surface area contributed by atoms with E-state index >= 15 is 0 Å². The Morgan fingerprint density at radius 2 is 2.00 bits per heavy atom. The number of carbonyl (C=O) groups excluding carboxylic acids is 1. The molecule has 1 aliphatic heterocycles. The Balaban J connectivity index is 2.17. The average Bonchev–Trinajstić information content (AvgIpc) is 3.03. The van der Waals surface area contributed by atoms with Gasteiger partial charge in [0.05, 0.1) is 7.11 Å². The number of rotatable bonds is 3. The van der Waals surface area contributed by atoms with E-state index < -0.39 is 0 Å². The van der Waals surface area contributed by atoms with E-state index in [1.807, 2.05) is 23.6 Å². The highest BCUT2D eigenvalue weighted by molar-refractivity contribution is 7.12. The van der Waals surface area contributed by atoms with E-state index in [1.165, 1.54) is 18.4 Å². The molecule has 24 heavy (non-hydrogen) atoms. The first kappa shape index (κ1) is 17.5. The zero-order valence-corrected chi connectivity index (χ0v) is 15.8. The van der Waals surface area contributed by atoms with E-state index in [9.17, 15) is 4.79 Å². The fourth-order valence-electron chi connectivity index (χ4n) is 2.97. The molecule has 0 fully saturated rings. The predicted molar refractivity (Wildman–Crippen MR) is 101 cm³/mol. The number of hydrogen-bond acceptors (Lipinski definition) is 4. The summed E-state index contributed by atoms with van der Waals surface area (Å²) < 4.78 is 4.92. The first-order chi connectivity index (χ1) is 11.5. The summed E-state index contributed by atoms with van der Waals surface area (Å²) in [5.74, 6) is -0.298. The molecular formula is C18H17Cl2NO2S. The van der Waals surface area contributed by atoms with Crippen LogP contribution in [0.3, 0.4) is 0 Å². The van der Waals surface area contributed by atoms with Gasteiger partial charge in [0.15, 0.2) is 0 Å². The van der Waals surface area contributed by atoms with Crippen molar-refractivity contribution < 1.29 is 9.53 Å². The second-order valence-electron chi connectivity index (χ2n) is 5.72. The Kier molecular flexibility index (Phi) is 5.30. The summed E-state index contributed by atoms with van der Waals surface area (Å²) in [5.41, 5.74) is 4.19. The molecule has 3 nitrogen and oxygen atoms in total. The monoisotopic (exact) mass is 381 g/mol. The van der Waals surface area contributed by atoms with Gasteiger partial charge in [-0.1, -0.05) is 29.3 Å².